The molecule has 0 spiro atoms. The number of halogens is 1. The smallest absolute Gasteiger partial charge is 0.139 e. The fraction of sp³-hybridized carbons (Fsp3) is 0.364. The van der Waals surface area contributed by atoms with Gasteiger partial charge in [-0.25, -0.2) is 0 Å². The highest BCUT2D eigenvalue weighted by Gasteiger charge is 2.07. The molecule has 0 saturated heterocycles. The predicted octanol–water partition coefficient (Wildman–Crippen LogP) is 3.11. The maximum atomic E-state index is 11.4. The standard InChI is InChI=1S/C11H13ClO/c1-8(2)11(13)7-9-3-5-10(12)6-4-9/h3-6,8H,7H2,1-2H3. The molecule has 0 fully saturated rings. The molecule has 13 heavy (non-hydrogen) atoms. The normalized spacial score (nSPS) is 10.5. The molecule has 0 aromatic heterocycles. The Bertz CT molecular complexity index is 287. The number of hydrogen-bond donors (Lipinski definition) is 0. The lowest BCUT2D eigenvalue weighted by Gasteiger charge is -2.03. The molecule has 0 heterocycles. The zero-order valence-electron chi connectivity index (χ0n) is 7.88. The molecular formula is C11H13ClO. The molecule has 0 N–H and O–H groups in total. The summed E-state index contributed by atoms with van der Waals surface area (Å²) in [6.07, 6.45) is 0.509. The third-order valence-electron chi connectivity index (χ3n) is 1.94. The highest BCUT2D eigenvalue weighted by Crippen LogP contribution is 2.11. The minimum atomic E-state index is 0.107. The van der Waals surface area contributed by atoms with E-state index in [9.17, 15) is 4.79 Å². The summed E-state index contributed by atoms with van der Waals surface area (Å²) >= 11 is 5.73. The van der Waals surface area contributed by atoms with E-state index in [1.165, 1.54) is 0 Å². The Labute approximate surface area is 83.7 Å². The van der Waals surface area contributed by atoms with Gasteiger partial charge >= 0.3 is 0 Å². The molecule has 0 atom stereocenters. The van der Waals surface area contributed by atoms with Gasteiger partial charge in [-0.3, -0.25) is 4.79 Å². The Morgan fingerprint density at radius 3 is 2.31 bits per heavy atom. The van der Waals surface area contributed by atoms with E-state index in [1.807, 2.05) is 38.1 Å². The number of hydrogen-bond acceptors (Lipinski definition) is 1. The summed E-state index contributed by atoms with van der Waals surface area (Å²) in [5, 5.41) is 0.709. The van der Waals surface area contributed by atoms with E-state index in [0.29, 0.717) is 11.4 Å². The van der Waals surface area contributed by atoms with Gasteiger partial charge in [-0.05, 0) is 17.7 Å². The van der Waals surface area contributed by atoms with Gasteiger partial charge in [-0.15, -0.1) is 0 Å². The third-order valence-corrected chi connectivity index (χ3v) is 2.19. The molecule has 0 amide bonds. The van der Waals surface area contributed by atoms with Crippen molar-refractivity contribution in [1.82, 2.24) is 0 Å². The van der Waals surface area contributed by atoms with E-state index in [-0.39, 0.29) is 11.7 Å². The van der Waals surface area contributed by atoms with Crippen LogP contribution in [0.15, 0.2) is 24.3 Å². The van der Waals surface area contributed by atoms with E-state index in [1.54, 1.807) is 0 Å². The van der Waals surface area contributed by atoms with Crippen molar-refractivity contribution >= 4 is 17.4 Å². The lowest BCUT2D eigenvalue weighted by Crippen LogP contribution is -2.09. The van der Waals surface area contributed by atoms with E-state index >= 15 is 0 Å². The molecule has 0 aliphatic heterocycles. The minimum absolute atomic E-state index is 0.107. The first-order valence-corrected chi connectivity index (χ1v) is 4.74. The van der Waals surface area contributed by atoms with E-state index in [0.717, 1.165) is 5.56 Å². The average Bonchev–Trinajstić information content (AvgIpc) is 2.08. The molecule has 70 valence electrons. The minimum Gasteiger partial charge on any atom is -0.299 e. The van der Waals surface area contributed by atoms with Gasteiger partial charge in [0.15, 0.2) is 0 Å². The fourth-order valence-electron chi connectivity index (χ4n) is 1.01. The monoisotopic (exact) mass is 196 g/mol. The van der Waals surface area contributed by atoms with Gasteiger partial charge in [0.25, 0.3) is 0 Å². The molecule has 1 nitrogen and oxygen atoms in total. The fourth-order valence-corrected chi connectivity index (χ4v) is 1.13. The summed E-state index contributed by atoms with van der Waals surface area (Å²) in [5.41, 5.74) is 1.03. The van der Waals surface area contributed by atoms with Gasteiger partial charge in [0, 0.05) is 17.4 Å². The van der Waals surface area contributed by atoms with Crippen LogP contribution in [0.1, 0.15) is 19.4 Å². The Morgan fingerprint density at radius 2 is 1.85 bits per heavy atom. The van der Waals surface area contributed by atoms with Crippen LogP contribution in [0.2, 0.25) is 5.02 Å². The third kappa shape index (κ3) is 3.19. The molecule has 0 radical (unpaired) electrons. The van der Waals surface area contributed by atoms with Crippen molar-refractivity contribution in [2.24, 2.45) is 5.92 Å². The molecule has 0 aliphatic rings. The predicted molar refractivity (Wildman–Crippen MR) is 55.0 cm³/mol. The molecule has 1 aromatic rings. The van der Waals surface area contributed by atoms with Gasteiger partial charge in [0.05, 0.1) is 0 Å². The van der Waals surface area contributed by atoms with Crippen LogP contribution in [-0.2, 0) is 11.2 Å². The van der Waals surface area contributed by atoms with E-state index in [2.05, 4.69) is 0 Å². The van der Waals surface area contributed by atoms with Crippen molar-refractivity contribution in [2.45, 2.75) is 20.3 Å². The number of benzene rings is 1. The maximum absolute atomic E-state index is 11.4. The molecule has 1 aromatic carbocycles. The second-order valence-corrected chi connectivity index (χ2v) is 3.86. The Kier molecular flexibility index (Phi) is 3.49. The number of carbonyl (C=O) groups is 1. The molecule has 0 unspecified atom stereocenters. The Morgan fingerprint density at radius 1 is 1.31 bits per heavy atom. The average molecular weight is 197 g/mol. The van der Waals surface area contributed by atoms with Crippen LogP contribution in [0.25, 0.3) is 0 Å². The van der Waals surface area contributed by atoms with Crippen LogP contribution in [0.4, 0.5) is 0 Å². The Hall–Kier alpha value is -0.820. The SMILES string of the molecule is CC(C)C(=O)Cc1ccc(Cl)cc1. The Balaban J connectivity index is 2.65. The lowest BCUT2D eigenvalue weighted by molar-refractivity contribution is -0.121. The van der Waals surface area contributed by atoms with E-state index < -0.39 is 0 Å². The van der Waals surface area contributed by atoms with Crippen molar-refractivity contribution in [2.75, 3.05) is 0 Å². The zero-order chi connectivity index (χ0) is 9.84. The molecule has 0 aliphatic carbocycles. The second-order valence-electron chi connectivity index (χ2n) is 3.42. The number of carbonyl (C=O) groups excluding carboxylic acids is 1. The molecular weight excluding hydrogens is 184 g/mol. The summed E-state index contributed by atoms with van der Waals surface area (Å²) < 4.78 is 0. The molecule has 2 heteroatoms. The highest BCUT2D eigenvalue weighted by atomic mass is 35.5. The first-order chi connectivity index (χ1) is 6.09. The second kappa shape index (κ2) is 4.43. The van der Waals surface area contributed by atoms with Crippen LogP contribution < -0.4 is 0 Å². The van der Waals surface area contributed by atoms with Crippen molar-refractivity contribution < 1.29 is 4.79 Å². The van der Waals surface area contributed by atoms with Gasteiger partial charge in [0.2, 0.25) is 0 Å². The summed E-state index contributed by atoms with van der Waals surface area (Å²) in [6.45, 7) is 3.83. The molecule has 1 rings (SSSR count). The van der Waals surface area contributed by atoms with Crippen molar-refractivity contribution in [3.8, 4) is 0 Å². The van der Waals surface area contributed by atoms with Crippen LogP contribution in [0, 0.1) is 5.92 Å². The lowest BCUT2D eigenvalue weighted by atomic mass is 10.0. The summed E-state index contributed by atoms with van der Waals surface area (Å²) in [6, 6.07) is 7.40. The highest BCUT2D eigenvalue weighted by molar-refractivity contribution is 6.30. The summed E-state index contributed by atoms with van der Waals surface area (Å²) in [4.78, 5) is 11.4. The number of rotatable bonds is 3. The maximum Gasteiger partial charge on any atom is 0.139 e. The van der Waals surface area contributed by atoms with Gasteiger partial charge in [0.1, 0.15) is 5.78 Å². The largest absolute Gasteiger partial charge is 0.299 e. The topological polar surface area (TPSA) is 17.1 Å². The van der Waals surface area contributed by atoms with Crippen molar-refractivity contribution in [1.29, 1.82) is 0 Å². The van der Waals surface area contributed by atoms with Crippen LogP contribution in [0.3, 0.4) is 0 Å². The summed E-state index contributed by atoms with van der Waals surface area (Å²) in [5.74, 6) is 0.373. The van der Waals surface area contributed by atoms with Crippen molar-refractivity contribution in [3.05, 3.63) is 34.9 Å². The van der Waals surface area contributed by atoms with Gasteiger partial charge in [-0.1, -0.05) is 37.6 Å². The quantitative estimate of drug-likeness (QED) is 0.726. The zero-order valence-corrected chi connectivity index (χ0v) is 8.64. The van der Waals surface area contributed by atoms with E-state index in [4.69, 9.17) is 11.6 Å². The van der Waals surface area contributed by atoms with Gasteiger partial charge < -0.3 is 0 Å². The first kappa shape index (κ1) is 10.3. The van der Waals surface area contributed by atoms with Crippen molar-refractivity contribution in [3.63, 3.8) is 0 Å². The number of Topliss-reactive ketones (excluding diaryl/α,β-unsaturated/α-hetero) is 1. The molecule has 0 saturated carbocycles. The number of ketones is 1. The van der Waals surface area contributed by atoms with Gasteiger partial charge in [-0.2, -0.15) is 0 Å². The van der Waals surface area contributed by atoms with Crippen LogP contribution >= 0.6 is 11.6 Å². The summed E-state index contributed by atoms with van der Waals surface area (Å²) in [7, 11) is 0. The van der Waals surface area contributed by atoms with Crippen LogP contribution in [0.5, 0.6) is 0 Å². The first-order valence-electron chi connectivity index (χ1n) is 4.36. The van der Waals surface area contributed by atoms with Crippen LogP contribution in [-0.4, -0.2) is 5.78 Å². The molecule has 0 bridgehead atoms.